The maximum absolute atomic E-state index is 11.7. The quantitative estimate of drug-likeness (QED) is 0.877. The minimum Gasteiger partial charge on any atom is -0.466 e. The zero-order valence-corrected chi connectivity index (χ0v) is 13.5. The lowest BCUT2D eigenvalue weighted by atomic mass is 9.74. The third kappa shape index (κ3) is 3.53. The van der Waals surface area contributed by atoms with E-state index < -0.39 is 5.60 Å². The Labute approximate surface area is 136 Å². The maximum atomic E-state index is 11.7. The molecule has 0 unspecified atom stereocenters. The van der Waals surface area contributed by atoms with Crippen LogP contribution in [0.5, 0.6) is 0 Å². The van der Waals surface area contributed by atoms with Gasteiger partial charge in [0.25, 0.3) is 0 Å². The monoisotopic (exact) mass is 313 g/mol. The number of para-hydroxylation sites is 1. The summed E-state index contributed by atoms with van der Waals surface area (Å²) in [5, 5.41) is 11.8. The van der Waals surface area contributed by atoms with E-state index in [0.717, 1.165) is 18.4 Å². The molecular formula is C19H23NO3. The van der Waals surface area contributed by atoms with Crippen molar-refractivity contribution in [1.82, 2.24) is 4.98 Å². The summed E-state index contributed by atoms with van der Waals surface area (Å²) in [6.45, 7) is 2.15. The topological polar surface area (TPSA) is 59.4 Å². The van der Waals surface area contributed by atoms with E-state index in [4.69, 9.17) is 4.74 Å². The van der Waals surface area contributed by atoms with Crippen molar-refractivity contribution < 1.29 is 14.6 Å². The number of hydrogen-bond donors (Lipinski definition) is 1. The molecule has 0 amide bonds. The van der Waals surface area contributed by atoms with Gasteiger partial charge in [0.15, 0.2) is 0 Å². The van der Waals surface area contributed by atoms with Gasteiger partial charge in [-0.2, -0.15) is 0 Å². The van der Waals surface area contributed by atoms with Crippen LogP contribution in [0.3, 0.4) is 0 Å². The van der Waals surface area contributed by atoms with Gasteiger partial charge in [-0.1, -0.05) is 18.2 Å². The Morgan fingerprint density at radius 3 is 2.78 bits per heavy atom. The molecule has 1 aromatic carbocycles. The maximum Gasteiger partial charge on any atom is 0.308 e. The molecule has 2 aromatic rings. The first-order valence-electron chi connectivity index (χ1n) is 8.33. The fraction of sp³-hybridized carbons (Fsp3) is 0.474. The van der Waals surface area contributed by atoms with E-state index in [1.807, 2.05) is 24.4 Å². The van der Waals surface area contributed by atoms with E-state index in [2.05, 4.69) is 17.1 Å². The highest BCUT2D eigenvalue weighted by Crippen LogP contribution is 2.41. The normalized spacial score (nSPS) is 24.5. The van der Waals surface area contributed by atoms with E-state index in [9.17, 15) is 9.90 Å². The summed E-state index contributed by atoms with van der Waals surface area (Å²) in [4.78, 5) is 16.1. The van der Waals surface area contributed by atoms with E-state index in [-0.39, 0.29) is 12.4 Å². The molecule has 3 rings (SSSR count). The van der Waals surface area contributed by atoms with Crippen LogP contribution in [0.15, 0.2) is 36.5 Å². The molecule has 0 bridgehead atoms. The summed E-state index contributed by atoms with van der Waals surface area (Å²) >= 11 is 0. The van der Waals surface area contributed by atoms with Crippen molar-refractivity contribution in [3.63, 3.8) is 0 Å². The Morgan fingerprint density at radius 1 is 1.30 bits per heavy atom. The zero-order chi connectivity index (χ0) is 16.3. The van der Waals surface area contributed by atoms with Crippen molar-refractivity contribution in [3.8, 4) is 0 Å². The molecule has 122 valence electrons. The van der Waals surface area contributed by atoms with Gasteiger partial charge in [-0.3, -0.25) is 9.78 Å². The number of benzene rings is 1. The molecular weight excluding hydrogens is 290 g/mol. The highest BCUT2D eigenvalue weighted by molar-refractivity contribution is 5.82. The van der Waals surface area contributed by atoms with Crippen LogP contribution in [-0.4, -0.2) is 28.3 Å². The highest BCUT2D eigenvalue weighted by atomic mass is 16.5. The summed E-state index contributed by atoms with van der Waals surface area (Å²) in [7, 11) is 0. The van der Waals surface area contributed by atoms with Gasteiger partial charge in [0, 0.05) is 11.6 Å². The largest absolute Gasteiger partial charge is 0.466 e. The highest BCUT2D eigenvalue weighted by Gasteiger charge is 2.36. The SMILES string of the molecule is CCOC(=O)C[C@]1(O)CC[C@H](c2ccnc3ccccc32)CC1. The molecule has 0 spiro atoms. The fourth-order valence-corrected chi connectivity index (χ4v) is 3.60. The second-order valence-electron chi connectivity index (χ2n) is 6.40. The number of carbonyl (C=O) groups is 1. The average molecular weight is 313 g/mol. The van der Waals surface area contributed by atoms with E-state index in [1.54, 1.807) is 6.92 Å². The van der Waals surface area contributed by atoms with Gasteiger partial charge in [-0.15, -0.1) is 0 Å². The van der Waals surface area contributed by atoms with Crippen LogP contribution < -0.4 is 0 Å². The number of aliphatic hydroxyl groups is 1. The van der Waals surface area contributed by atoms with Crippen LogP contribution in [-0.2, 0) is 9.53 Å². The molecule has 4 nitrogen and oxygen atoms in total. The van der Waals surface area contributed by atoms with Gasteiger partial charge in [0.05, 0.1) is 24.1 Å². The summed E-state index contributed by atoms with van der Waals surface area (Å²) < 4.78 is 4.97. The molecule has 1 saturated carbocycles. The number of nitrogens with zero attached hydrogens (tertiary/aromatic N) is 1. The number of pyridine rings is 1. The van der Waals surface area contributed by atoms with Gasteiger partial charge < -0.3 is 9.84 Å². The fourth-order valence-electron chi connectivity index (χ4n) is 3.60. The van der Waals surface area contributed by atoms with Gasteiger partial charge in [-0.05, 0) is 56.2 Å². The van der Waals surface area contributed by atoms with Gasteiger partial charge in [-0.25, -0.2) is 0 Å². The summed E-state index contributed by atoms with van der Waals surface area (Å²) in [5.74, 6) is 0.105. The van der Waals surface area contributed by atoms with E-state index in [0.29, 0.717) is 25.4 Å². The summed E-state index contributed by atoms with van der Waals surface area (Å²) in [6, 6.07) is 10.3. The molecule has 1 aliphatic carbocycles. The van der Waals surface area contributed by atoms with Gasteiger partial charge in [0.2, 0.25) is 0 Å². The second-order valence-corrected chi connectivity index (χ2v) is 6.40. The smallest absolute Gasteiger partial charge is 0.308 e. The molecule has 1 aliphatic rings. The Kier molecular flexibility index (Phi) is 4.62. The van der Waals surface area contributed by atoms with Gasteiger partial charge in [0.1, 0.15) is 0 Å². The number of carbonyl (C=O) groups excluding carboxylic acids is 1. The molecule has 23 heavy (non-hydrogen) atoms. The number of rotatable bonds is 4. The number of aromatic nitrogens is 1. The molecule has 1 heterocycles. The van der Waals surface area contributed by atoms with Crippen molar-refractivity contribution in [1.29, 1.82) is 0 Å². The Morgan fingerprint density at radius 2 is 2.04 bits per heavy atom. The van der Waals surface area contributed by atoms with Crippen LogP contribution in [0.4, 0.5) is 0 Å². The van der Waals surface area contributed by atoms with Crippen LogP contribution in [0, 0.1) is 0 Å². The molecule has 0 saturated heterocycles. The van der Waals surface area contributed by atoms with Crippen molar-refractivity contribution in [2.75, 3.05) is 6.61 Å². The van der Waals surface area contributed by atoms with Crippen molar-refractivity contribution in [3.05, 3.63) is 42.1 Å². The molecule has 1 fully saturated rings. The third-order valence-electron chi connectivity index (χ3n) is 4.82. The molecule has 0 atom stereocenters. The minimum absolute atomic E-state index is 0.102. The Hall–Kier alpha value is -1.94. The molecule has 4 heteroatoms. The number of fused-ring (bicyclic) bond motifs is 1. The van der Waals surface area contributed by atoms with Gasteiger partial charge >= 0.3 is 5.97 Å². The summed E-state index contributed by atoms with van der Waals surface area (Å²) in [5.41, 5.74) is 1.40. The Balaban J connectivity index is 1.72. The first-order valence-corrected chi connectivity index (χ1v) is 8.33. The number of hydrogen-bond acceptors (Lipinski definition) is 4. The Bertz CT molecular complexity index is 685. The van der Waals surface area contributed by atoms with E-state index in [1.165, 1.54) is 10.9 Å². The molecule has 0 radical (unpaired) electrons. The van der Waals surface area contributed by atoms with Crippen molar-refractivity contribution in [2.45, 2.75) is 50.5 Å². The van der Waals surface area contributed by atoms with Crippen LogP contribution in [0.2, 0.25) is 0 Å². The second kappa shape index (κ2) is 6.67. The average Bonchev–Trinajstić information content (AvgIpc) is 2.55. The van der Waals surface area contributed by atoms with Crippen LogP contribution >= 0.6 is 0 Å². The molecule has 1 aromatic heterocycles. The lowest BCUT2D eigenvalue weighted by molar-refractivity contribution is -0.150. The van der Waals surface area contributed by atoms with E-state index >= 15 is 0 Å². The standard InChI is InChI=1S/C19H23NO3/c1-2-23-18(21)13-19(22)10-7-14(8-11-19)15-9-12-20-17-6-4-3-5-16(15)17/h3-6,9,12,14,22H,2,7-8,10-11,13H2,1H3/t14-,19-. The summed E-state index contributed by atoms with van der Waals surface area (Å²) in [6.07, 6.45) is 4.98. The predicted molar refractivity (Wildman–Crippen MR) is 89.2 cm³/mol. The first-order chi connectivity index (χ1) is 11.1. The van der Waals surface area contributed by atoms with Crippen molar-refractivity contribution >= 4 is 16.9 Å². The lowest BCUT2D eigenvalue weighted by Crippen LogP contribution is -2.36. The zero-order valence-electron chi connectivity index (χ0n) is 13.5. The minimum atomic E-state index is -0.911. The molecule has 1 N–H and O–H groups in total. The molecule has 0 aliphatic heterocycles. The number of ether oxygens (including phenoxy) is 1. The predicted octanol–water partition coefficient (Wildman–Crippen LogP) is 3.58. The number of esters is 1. The van der Waals surface area contributed by atoms with Crippen molar-refractivity contribution in [2.24, 2.45) is 0 Å². The van der Waals surface area contributed by atoms with Crippen LogP contribution in [0.1, 0.15) is 50.5 Å². The third-order valence-corrected chi connectivity index (χ3v) is 4.82. The van der Waals surface area contributed by atoms with Crippen LogP contribution in [0.25, 0.3) is 10.9 Å². The first kappa shape index (κ1) is 15.9. The lowest BCUT2D eigenvalue weighted by Gasteiger charge is -2.35.